The van der Waals surface area contributed by atoms with Gasteiger partial charge >= 0.3 is 0 Å². The van der Waals surface area contributed by atoms with Gasteiger partial charge in [-0.05, 0) is 42.6 Å². The Morgan fingerprint density at radius 3 is 2.71 bits per heavy atom. The van der Waals surface area contributed by atoms with Crippen LogP contribution in [0.5, 0.6) is 0 Å². The van der Waals surface area contributed by atoms with Crippen LogP contribution in [0.3, 0.4) is 0 Å². The average molecular weight is 428 g/mol. The fourth-order valence-corrected chi connectivity index (χ4v) is 4.67. The highest BCUT2D eigenvalue weighted by Crippen LogP contribution is 2.25. The van der Waals surface area contributed by atoms with Crippen molar-refractivity contribution in [2.24, 2.45) is 0 Å². The van der Waals surface area contributed by atoms with Gasteiger partial charge in [0, 0.05) is 21.6 Å². The molecule has 8 heteroatoms. The number of oxazole rings is 1. The van der Waals surface area contributed by atoms with Gasteiger partial charge in [-0.3, -0.25) is 4.79 Å². The van der Waals surface area contributed by atoms with E-state index in [0.717, 1.165) is 26.2 Å². The molecule has 0 radical (unpaired) electrons. The average Bonchev–Trinajstić information content (AvgIpc) is 3.46. The van der Waals surface area contributed by atoms with Crippen molar-refractivity contribution in [3.05, 3.63) is 75.4 Å². The number of nitrogens with zero attached hydrogens (tertiary/aromatic N) is 2. The molecular weight excluding hydrogens is 410 g/mol. The summed E-state index contributed by atoms with van der Waals surface area (Å²) in [5, 5.41) is 8.02. The Labute approximate surface area is 174 Å². The molecular formula is C20H17N3O2S3. The number of benzene rings is 1. The fraction of sp³-hybridized carbons (Fsp3) is 0.150. The third-order valence-electron chi connectivity index (χ3n) is 3.88. The van der Waals surface area contributed by atoms with Gasteiger partial charge in [0.25, 0.3) is 5.91 Å². The smallest absolute Gasteiger partial charge is 0.251 e. The highest BCUT2D eigenvalue weighted by atomic mass is 32.2. The van der Waals surface area contributed by atoms with Gasteiger partial charge in [0.15, 0.2) is 0 Å². The second kappa shape index (κ2) is 8.72. The number of thiazole rings is 1. The first-order valence-corrected chi connectivity index (χ1v) is 11.3. The molecule has 3 heterocycles. The van der Waals surface area contributed by atoms with Crippen LogP contribution in [0, 0.1) is 6.92 Å². The summed E-state index contributed by atoms with van der Waals surface area (Å²) in [6.45, 7) is 2.33. The van der Waals surface area contributed by atoms with Gasteiger partial charge in [0.1, 0.15) is 6.26 Å². The van der Waals surface area contributed by atoms with Crippen LogP contribution in [-0.2, 0) is 12.3 Å². The molecule has 142 valence electrons. The molecule has 0 bridgehead atoms. The molecule has 4 aromatic rings. The molecule has 0 spiro atoms. The summed E-state index contributed by atoms with van der Waals surface area (Å²) in [5.74, 6) is 1.28. The van der Waals surface area contributed by atoms with E-state index >= 15 is 0 Å². The highest BCUT2D eigenvalue weighted by molar-refractivity contribution is 7.98. The van der Waals surface area contributed by atoms with E-state index in [0.29, 0.717) is 23.7 Å². The lowest BCUT2D eigenvalue weighted by molar-refractivity contribution is 0.0950. The van der Waals surface area contributed by atoms with E-state index in [1.54, 1.807) is 40.7 Å². The topological polar surface area (TPSA) is 68.0 Å². The van der Waals surface area contributed by atoms with E-state index < -0.39 is 0 Å². The van der Waals surface area contributed by atoms with Gasteiger partial charge < -0.3 is 9.73 Å². The Bertz CT molecular complexity index is 1050. The zero-order valence-electron chi connectivity index (χ0n) is 15.0. The molecule has 4 rings (SSSR count). The van der Waals surface area contributed by atoms with Gasteiger partial charge in [-0.15, -0.1) is 34.4 Å². The van der Waals surface area contributed by atoms with Crippen LogP contribution in [0.1, 0.15) is 26.8 Å². The molecule has 0 aliphatic heterocycles. The van der Waals surface area contributed by atoms with Crippen LogP contribution in [-0.4, -0.2) is 15.9 Å². The molecule has 0 aliphatic rings. The van der Waals surface area contributed by atoms with E-state index in [1.165, 1.54) is 0 Å². The predicted octanol–water partition coefficient (Wildman–Crippen LogP) is 5.39. The maximum atomic E-state index is 12.4. The Kier molecular flexibility index (Phi) is 5.90. The van der Waals surface area contributed by atoms with Crippen molar-refractivity contribution in [2.45, 2.75) is 24.1 Å². The largest absolute Gasteiger partial charge is 0.443 e. The lowest BCUT2D eigenvalue weighted by Gasteiger charge is -2.04. The van der Waals surface area contributed by atoms with Crippen molar-refractivity contribution in [3.63, 3.8) is 0 Å². The van der Waals surface area contributed by atoms with Crippen molar-refractivity contribution >= 4 is 40.3 Å². The highest BCUT2D eigenvalue weighted by Gasteiger charge is 2.10. The van der Waals surface area contributed by atoms with E-state index in [4.69, 9.17) is 4.42 Å². The zero-order valence-corrected chi connectivity index (χ0v) is 17.5. The van der Waals surface area contributed by atoms with Crippen LogP contribution >= 0.6 is 34.4 Å². The van der Waals surface area contributed by atoms with E-state index in [-0.39, 0.29) is 5.91 Å². The van der Waals surface area contributed by atoms with E-state index in [1.807, 2.05) is 48.7 Å². The molecule has 1 aromatic carbocycles. The lowest BCUT2D eigenvalue weighted by Crippen LogP contribution is -2.22. The second-order valence-corrected chi connectivity index (χ2v) is 9.03. The molecule has 1 N–H and O–H groups in total. The predicted molar refractivity (Wildman–Crippen MR) is 114 cm³/mol. The number of aryl methyl sites for hydroxylation is 1. The first-order chi connectivity index (χ1) is 13.7. The van der Waals surface area contributed by atoms with Crippen molar-refractivity contribution in [2.75, 3.05) is 0 Å². The second-order valence-electron chi connectivity index (χ2n) is 5.97. The summed E-state index contributed by atoms with van der Waals surface area (Å²) in [4.78, 5) is 23.3. The number of rotatable bonds is 7. The van der Waals surface area contributed by atoms with Crippen molar-refractivity contribution < 1.29 is 9.21 Å². The molecule has 0 fully saturated rings. The third kappa shape index (κ3) is 4.70. The first-order valence-electron chi connectivity index (χ1n) is 8.58. The summed E-state index contributed by atoms with van der Waals surface area (Å²) >= 11 is 4.94. The van der Waals surface area contributed by atoms with Gasteiger partial charge in [-0.25, -0.2) is 9.97 Å². The van der Waals surface area contributed by atoms with Gasteiger partial charge in [0.2, 0.25) is 5.89 Å². The number of aromatic nitrogens is 2. The summed E-state index contributed by atoms with van der Waals surface area (Å²) < 4.78 is 5.47. The van der Waals surface area contributed by atoms with Gasteiger partial charge in [-0.1, -0.05) is 6.07 Å². The summed E-state index contributed by atoms with van der Waals surface area (Å²) in [5.41, 5.74) is 2.40. The number of carbonyl (C=O) groups excluding carboxylic acids is 1. The number of thioether (sulfide) groups is 1. The minimum absolute atomic E-state index is 0.132. The fourth-order valence-electron chi connectivity index (χ4n) is 2.51. The number of hydrogen-bond donors (Lipinski definition) is 1. The minimum atomic E-state index is -0.132. The molecule has 1 amide bonds. The lowest BCUT2D eigenvalue weighted by atomic mass is 10.2. The third-order valence-corrected chi connectivity index (χ3v) is 6.61. The molecule has 0 atom stereocenters. The molecule has 0 aliphatic carbocycles. The number of nitrogens with one attached hydrogen (secondary N) is 1. The quantitative estimate of drug-likeness (QED) is 0.401. The standard InChI is InChI=1S/C20H17N3O2S3/c1-13-22-16(11-27-13)12-28-17-6-4-14(5-7-17)19(24)21-9-15-10-25-20(23-15)18-3-2-8-26-18/h2-8,10-11H,9,12H2,1H3,(H,21,24). The van der Waals surface area contributed by atoms with Crippen LogP contribution in [0.15, 0.2) is 62.7 Å². The van der Waals surface area contributed by atoms with Crippen LogP contribution < -0.4 is 5.32 Å². The number of hydrogen-bond acceptors (Lipinski definition) is 7. The Morgan fingerprint density at radius 1 is 1.14 bits per heavy atom. The number of thiophene rings is 1. The summed E-state index contributed by atoms with van der Waals surface area (Å²) in [6.07, 6.45) is 1.58. The Hall–Kier alpha value is -2.42. The maximum Gasteiger partial charge on any atom is 0.251 e. The van der Waals surface area contributed by atoms with Crippen molar-refractivity contribution in [1.29, 1.82) is 0 Å². The first kappa shape index (κ1) is 18.9. The van der Waals surface area contributed by atoms with Crippen LogP contribution in [0.25, 0.3) is 10.8 Å². The molecule has 3 aromatic heterocycles. The monoisotopic (exact) mass is 427 g/mol. The van der Waals surface area contributed by atoms with Crippen molar-refractivity contribution in [1.82, 2.24) is 15.3 Å². The summed E-state index contributed by atoms with van der Waals surface area (Å²) in [7, 11) is 0. The SMILES string of the molecule is Cc1nc(CSc2ccc(C(=O)NCc3coc(-c4cccs4)n3)cc2)cs1. The van der Waals surface area contributed by atoms with Gasteiger partial charge in [-0.2, -0.15) is 0 Å². The molecule has 0 unspecified atom stereocenters. The van der Waals surface area contributed by atoms with Crippen LogP contribution in [0.2, 0.25) is 0 Å². The minimum Gasteiger partial charge on any atom is -0.443 e. The molecule has 5 nitrogen and oxygen atoms in total. The molecule has 28 heavy (non-hydrogen) atoms. The molecule has 0 saturated heterocycles. The normalized spacial score (nSPS) is 10.9. The Morgan fingerprint density at radius 2 is 2.00 bits per heavy atom. The number of amides is 1. The maximum absolute atomic E-state index is 12.4. The Balaban J connectivity index is 1.30. The number of carbonyl (C=O) groups is 1. The van der Waals surface area contributed by atoms with E-state index in [2.05, 4.69) is 20.7 Å². The zero-order chi connectivity index (χ0) is 19.3. The summed E-state index contributed by atoms with van der Waals surface area (Å²) in [6, 6.07) is 11.5. The van der Waals surface area contributed by atoms with Crippen molar-refractivity contribution in [3.8, 4) is 10.8 Å². The van der Waals surface area contributed by atoms with Crippen LogP contribution in [0.4, 0.5) is 0 Å². The van der Waals surface area contributed by atoms with E-state index in [9.17, 15) is 4.79 Å². The van der Waals surface area contributed by atoms with Gasteiger partial charge in [0.05, 0.1) is 27.8 Å². The molecule has 0 saturated carbocycles.